The molecule has 0 aliphatic carbocycles. The Bertz CT molecular complexity index is 1050. The van der Waals surface area contributed by atoms with Gasteiger partial charge in [0.2, 0.25) is 0 Å². The van der Waals surface area contributed by atoms with Gasteiger partial charge in [-0.3, -0.25) is 15.0 Å². The van der Waals surface area contributed by atoms with Gasteiger partial charge in [-0.15, -0.1) is 0 Å². The van der Waals surface area contributed by atoms with E-state index in [1.807, 2.05) is 54.6 Å². The molecule has 0 spiro atoms. The van der Waals surface area contributed by atoms with Crippen LogP contribution in [0.1, 0.15) is 29.7 Å². The van der Waals surface area contributed by atoms with Gasteiger partial charge < -0.3 is 4.74 Å². The molecule has 7 nitrogen and oxygen atoms in total. The topological polar surface area (TPSA) is 81.9 Å². The molecule has 0 amide bonds. The van der Waals surface area contributed by atoms with Crippen LogP contribution in [0.2, 0.25) is 0 Å². The van der Waals surface area contributed by atoms with Gasteiger partial charge in [0.1, 0.15) is 6.10 Å². The van der Waals surface area contributed by atoms with E-state index in [9.17, 15) is 14.9 Å². The first kappa shape index (κ1) is 20.6. The first-order valence-electron chi connectivity index (χ1n) is 9.92. The SMILES string of the molecule is COC(=O)[C@@]1([N+](=O)[O-])C[C@H](c2ccccc2)ON(c2ccccc2)[C@@H]1c1ccccc1. The highest BCUT2D eigenvalue weighted by Gasteiger charge is 2.66. The number of carbonyl (C=O) groups excluding carboxylic acids is 1. The average Bonchev–Trinajstić information content (AvgIpc) is 2.84. The van der Waals surface area contributed by atoms with E-state index in [4.69, 9.17) is 9.57 Å². The van der Waals surface area contributed by atoms with E-state index in [0.29, 0.717) is 11.3 Å². The van der Waals surface area contributed by atoms with E-state index in [1.165, 1.54) is 12.2 Å². The number of esters is 1. The normalized spacial score (nSPS) is 23.2. The minimum atomic E-state index is -2.08. The molecular weight excluding hydrogens is 396 g/mol. The number of ether oxygens (including phenoxy) is 1. The molecule has 0 saturated carbocycles. The highest BCUT2D eigenvalue weighted by molar-refractivity contribution is 5.82. The number of anilines is 1. The number of para-hydroxylation sites is 1. The van der Waals surface area contributed by atoms with Gasteiger partial charge >= 0.3 is 11.5 Å². The number of nitrogens with zero attached hydrogens (tertiary/aromatic N) is 2. The van der Waals surface area contributed by atoms with E-state index in [0.717, 1.165) is 5.56 Å². The number of benzene rings is 3. The van der Waals surface area contributed by atoms with Gasteiger partial charge in [0.25, 0.3) is 0 Å². The van der Waals surface area contributed by atoms with Crippen molar-refractivity contribution in [3.8, 4) is 0 Å². The summed E-state index contributed by atoms with van der Waals surface area (Å²) in [6.45, 7) is 0. The average molecular weight is 418 g/mol. The quantitative estimate of drug-likeness (QED) is 0.345. The van der Waals surface area contributed by atoms with Crippen molar-refractivity contribution in [1.29, 1.82) is 0 Å². The molecule has 1 aliphatic heterocycles. The van der Waals surface area contributed by atoms with Crippen LogP contribution in [0.4, 0.5) is 5.69 Å². The lowest BCUT2D eigenvalue weighted by atomic mass is 9.78. The van der Waals surface area contributed by atoms with Gasteiger partial charge in [-0.2, -0.15) is 0 Å². The number of hydrogen-bond donors (Lipinski definition) is 0. The van der Waals surface area contributed by atoms with Gasteiger partial charge in [-0.05, 0) is 23.3 Å². The fraction of sp³-hybridized carbons (Fsp3) is 0.208. The first-order valence-corrected chi connectivity index (χ1v) is 9.92. The zero-order valence-electron chi connectivity index (χ0n) is 17.0. The fourth-order valence-corrected chi connectivity index (χ4v) is 4.12. The second kappa shape index (κ2) is 8.57. The molecule has 1 heterocycles. The largest absolute Gasteiger partial charge is 0.464 e. The van der Waals surface area contributed by atoms with E-state index >= 15 is 0 Å². The molecule has 1 saturated heterocycles. The number of methoxy groups -OCH3 is 1. The summed E-state index contributed by atoms with van der Waals surface area (Å²) < 4.78 is 5.01. The van der Waals surface area contributed by atoms with Crippen LogP contribution < -0.4 is 5.06 Å². The summed E-state index contributed by atoms with van der Waals surface area (Å²) in [7, 11) is 1.18. The molecule has 0 radical (unpaired) electrons. The Kier molecular flexibility index (Phi) is 5.68. The van der Waals surface area contributed by atoms with E-state index in [1.54, 1.807) is 36.4 Å². The third-order valence-corrected chi connectivity index (χ3v) is 5.59. The second-order valence-electron chi connectivity index (χ2n) is 7.36. The summed E-state index contributed by atoms with van der Waals surface area (Å²) >= 11 is 0. The minimum Gasteiger partial charge on any atom is -0.464 e. The summed E-state index contributed by atoms with van der Waals surface area (Å²) in [4.78, 5) is 31.6. The zero-order chi connectivity index (χ0) is 21.8. The summed E-state index contributed by atoms with van der Waals surface area (Å²) in [6, 6.07) is 26.1. The maximum atomic E-state index is 13.1. The van der Waals surface area contributed by atoms with Crippen molar-refractivity contribution >= 4 is 11.7 Å². The third-order valence-electron chi connectivity index (χ3n) is 5.59. The first-order chi connectivity index (χ1) is 15.1. The maximum absolute atomic E-state index is 13.1. The minimum absolute atomic E-state index is 0.167. The summed E-state index contributed by atoms with van der Waals surface area (Å²) in [5.41, 5.74) is -0.151. The Balaban J connectivity index is 1.95. The van der Waals surface area contributed by atoms with Crippen LogP contribution >= 0.6 is 0 Å². The molecule has 3 aromatic carbocycles. The molecule has 7 heteroatoms. The van der Waals surface area contributed by atoms with E-state index in [-0.39, 0.29) is 6.42 Å². The van der Waals surface area contributed by atoms with Crippen LogP contribution in [0.25, 0.3) is 0 Å². The molecule has 0 unspecified atom stereocenters. The van der Waals surface area contributed by atoms with Crippen LogP contribution in [0.15, 0.2) is 91.0 Å². The lowest BCUT2D eigenvalue weighted by Gasteiger charge is -2.45. The zero-order valence-corrected chi connectivity index (χ0v) is 17.0. The van der Waals surface area contributed by atoms with Crippen LogP contribution in [0.5, 0.6) is 0 Å². The number of hydroxylamine groups is 1. The van der Waals surface area contributed by atoms with Crippen LogP contribution in [0.3, 0.4) is 0 Å². The third kappa shape index (κ3) is 3.64. The van der Waals surface area contributed by atoms with E-state index < -0.39 is 28.6 Å². The monoisotopic (exact) mass is 418 g/mol. The van der Waals surface area contributed by atoms with Gasteiger partial charge in [0, 0.05) is 4.92 Å². The molecule has 0 aromatic heterocycles. The fourth-order valence-electron chi connectivity index (χ4n) is 4.12. The maximum Gasteiger partial charge on any atom is 0.387 e. The highest BCUT2D eigenvalue weighted by Crippen LogP contribution is 2.49. The van der Waals surface area contributed by atoms with Gasteiger partial charge in [-0.25, -0.2) is 9.86 Å². The molecule has 4 rings (SSSR count). The Morgan fingerprint density at radius 1 is 0.968 bits per heavy atom. The lowest BCUT2D eigenvalue weighted by Crippen LogP contribution is -2.61. The highest BCUT2D eigenvalue weighted by atomic mass is 16.7. The summed E-state index contributed by atoms with van der Waals surface area (Å²) in [5, 5.41) is 14.1. The number of nitro groups is 1. The standard InChI is InChI=1S/C24H22N2O5/c1-30-23(27)24(26(28)29)17-21(18-11-5-2-6-12-18)31-25(20-15-9-4-10-16-20)22(24)19-13-7-3-8-14-19/h2-16,21-22H,17H2,1H3/t21-,22-,24-/m1/s1. The van der Waals surface area contributed by atoms with Crippen LogP contribution in [-0.2, 0) is 14.4 Å². The van der Waals surface area contributed by atoms with Gasteiger partial charge in [0.05, 0.1) is 19.2 Å². The Morgan fingerprint density at radius 3 is 2.00 bits per heavy atom. The molecule has 1 fully saturated rings. The van der Waals surface area contributed by atoms with Crippen molar-refractivity contribution in [2.75, 3.05) is 12.2 Å². The van der Waals surface area contributed by atoms with Crippen molar-refractivity contribution in [2.24, 2.45) is 0 Å². The van der Waals surface area contributed by atoms with Gasteiger partial charge in [-0.1, -0.05) is 78.9 Å². The van der Waals surface area contributed by atoms with E-state index in [2.05, 4.69) is 0 Å². The van der Waals surface area contributed by atoms with Crippen molar-refractivity contribution in [1.82, 2.24) is 0 Å². The Morgan fingerprint density at radius 2 is 1.48 bits per heavy atom. The van der Waals surface area contributed by atoms with Crippen molar-refractivity contribution in [3.63, 3.8) is 0 Å². The van der Waals surface area contributed by atoms with Crippen LogP contribution in [-0.4, -0.2) is 23.5 Å². The van der Waals surface area contributed by atoms with Gasteiger partial charge in [0.15, 0.2) is 6.04 Å². The second-order valence-corrected chi connectivity index (χ2v) is 7.36. The molecule has 0 N–H and O–H groups in total. The smallest absolute Gasteiger partial charge is 0.387 e. The molecule has 1 aliphatic rings. The molecule has 158 valence electrons. The van der Waals surface area contributed by atoms with Crippen molar-refractivity contribution < 1.29 is 19.3 Å². The Hall–Kier alpha value is -3.71. The lowest BCUT2D eigenvalue weighted by molar-refractivity contribution is -0.570. The molecule has 0 bridgehead atoms. The van der Waals surface area contributed by atoms with Crippen LogP contribution in [0, 0.1) is 10.1 Å². The molecular formula is C24H22N2O5. The number of hydrogen-bond acceptors (Lipinski definition) is 6. The molecule has 3 aromatic rings. The molecule has 3 atom stereocenters. The van der Waals surface area contributed by atoms with Crippen molar-refractivity contribution in [3.05, 3.63) is 112 Å². The number of rotatable bonds is 5. The summed E-state index contributed by atoms with van der Waals surface area (Å²) in [5.74, 6) is -0.906. The Labute approximate surface area is 179 Å². The molecule has 31 heavy (non-hydrogen) atoms. The summed E-state index contributed by atoms with van der Waals surface area (Å²) in [6.07, 6.45) is -0.884. The predicted molar refractivity (Wildman–Crippen MR) is 115 cm³/mol. The van der Waals surface area contributed by atoms with Crippen molar-refractivity contribution in [2.45, 2.75) is 24.1 Å². The predicted octanol–water partition coefficient (Wildman–Crippen LogP) is 4.50. The number of carbonyl (C=O) groups is 1.